The van der Waals surface area contributed by atoms with Crippen molar-refractivity contribution >= 4 is 17.2 Å². The van der Waals surface area contributed by atoms with E-state index in [-0.39, 0.29) is 5.91 Å². The number of carbonyl (C=O) groups is 1. The first-order valence-corrected chi connectivity index (χ1v) is 9.44. The van der Waals surface area contributed by atoms with E-state index in [0.717, 1.165) is 23.3 Å². The molecule has 2 aliphatic rings. The molecule has 1 saturated carbocycles. The Morgan fingerprint density at radius 3 is 3.07 bits per heavy atom. The maximum absolute atomic E-state index is 12.9. The number of hydrogen-bond donors (Lipinski definition) is 1. The summed E-state index contributed by atoms with van der Waals surface area (Å²) in [5, 5.41) is 3.00. The number of fused-ring (bicyclic) bond motifs is 2. The summed E-state index contributed by atoms with van der Waals surface area (Å²) < 4.78 is 13.4. The summed E-state index contributed by atoms with van der Waals surface area (Å²) in [5.74, 6) is 1.69. The Labute approximate surface area is 157 Å². The number of anilines is 1. The number of nitrogens with zero attached hydrogens (tertiary/aromatic N) is 2. The molecular formula is C21H21N3O3. The number of carbonyl (C=O) groups excluding carboxylic acids is 1. The molecule has 1 aliphatic carbocycles. The molecule has 138 valence electrons. The molecule has 1 fully saturated rings. The van der Waals surface area contributed by atoms with Gasteiger partial charge in [0.1, 0.15) is 22.8 Å². The highest BCUT2D eigenvalue weighted by Crippen LogP contribution is 2.40. The lowest BCUT2D eigenvalue weighted by molar-refractivity contribution is 0.102. The molecule has 1 aliphatic heterocycles. The number of hydrogen-bond acceptors (Lipinski definition) is 4. The van der Waals surface area contributed by atoms with E-state index < -0.39 is 0 Å². The van der Waals surface area contributed by atoms with Crippen LogP contribution in [0.15, 0.2) is 36.7 Å². The lowest BCUT2D eigenvalue weighted by Gasteiger charge is -2.13. The molecule has 27 heavy (non-hydrogen) atoms. The number of ether oxygens (including phenoxy) is 2. The second-order valence-corrected chi connectivity index (χ2v) is 7.04. The van der Waals surface area contributed by atoms with Crippen molar-refractivity contribution in [1.29, 1.82) is 0 Å². The van der Waals surface area contributed by atoms with Crippen molar-refractivity contribution in [3.05, 3.63) is 53.5 Å². The fourth-order valence-corrected chi connectivity index (χ4v) is 3.56. The van der Waals surface area contributed by atoms with E-state index in [9.17, 15) is 4.79 Å². The molecule has 1 amide bonds. The largest absolute Gasteiger partial charge is 0.492 e. The van der Waals surface area contributed by atoms with Gasteiger partial charge in [-0.3, -0.25) is 4.79 Å². The van der Waals surface area contributed by atoms with Gasteiger partial charge in [0, 0.05) is 30.8 Å². The minimum absolute atomic E-state index is 0.198. The summed E-state index contributed by atoms with van der Waals surface area (Å²) in [4.78, 5) is 17.6. The molecule has 1 aromatic carbocycles. The molecule has 0 bridgehead atoms. The second-order valence-electron chi connectivity index (χ2n) is 7.04. The minimum atomic E-state index is -0.198. The molecule has 0 atom stereocenters. The third-order valence-electron chi connectivity index (χ3n) is 5.08. The average molecular weight is 363 g/mol. The van der Waals surface area contributed by atoms with Gasteiger partial charge >= 0.3 is 0 Å². The predicted octanol–water partition coefficient (Wildman–Crippen LogP) is 3.80. The fraction of sp³-hybridized carbons (Fsp3) is 0.333. The molecule has 2 aromatic heterocycles. The molecule has 5 rings (SSSR count). The molecule has 0 saturated heterocycles. The van der Waals surface area contributed by atoms with Crippen LogP contribution in [0.2, 0.25) is 0 Å². The number of imidazole rings is 1. The van der Waals surface area contributed by atoms with Gasteiger partial charge in [0.25, 0.3) is 5.91 Å². The van der Waals surface area contributed by atoms with E-state index in [1.807, 2.05) is 41.9 Å². The predicted molar refractivity (Wildman–Crippen MR) is 102 cm³/mol. The summed E-state index contributed by atoms with van der Waals surface area (Å²) in [7, 11) is 0. The molecule has 0 radical (unpaired) electrons. The molecule has 0 spiro atoms. The smallest absolute Gasteiger partial charge is 0.259 e. The summed E-state index contributed by atoms with van der Waals surface area (Å²) in [6.07, 6.45) is 7.16. The van der Waals surface area contributed by atoms with Crippen molar-refractivity contribution in [2.45, 2.75) is 32.1 Å². The Kier molecular flexibility index (Phi) is 3.77. The Morgan fingerprint density at radius 2 is 2.26 bits per heavy atom. The highest BCUT2D eigenvalue weighted by Gasteiger charge is 2.27. The van der Waals surface area contributed by atoms with Gasteiger partial charge in [0.05, 0.1) is 24.5 Å². The Balaban J connectivity index is 1.50. The van der Waals surface area contributed by atoms with Crippen LogP contribution < -0.4 is 14.8 Å². The quantitative estimate of drug-likeness (QED) is 0.749. The summed E-state index contributed by atoms with van der Waals surface area (Å²) in [5.41, 5.74) is 4.20. The molecule has 1 N–H and O–H groups in total. The van der Waals surface area contributed by atoms with Crippen LogP contribution >= 0.6 is 0 Å². The third-order valence-corrected chi connectivity index (χ3v) is 5.08. The monoisotopic (exact) mass is 363 g/mol. The van der Waals surface area contributed by atoms with Gasteiger partial charge in [-0.05, 0) is 31.4 Å². The third kappa shape index (κ3) is 2.91. The highest BCUT2D eigenvalue weighted by atomic mass is 16.5. The average Bonchev–Trinajstić information content (AvgIpc) is 3.26. The topological polar surface area (TPSA) is 64.9 Å². The summed E-state index contributed by atoms with van der Waals surface area (Å²) in [6.45, 7) is 3.06. The molecule has 6 heteroatoms. The Morgan fingerprint density at radius 1 is 1.37 bits per heavy atom. The second kappa shape index (κ2) is 6.30. The number of rotatable bonds is 5. The van der Waals surface area contributed by atoms with E-state index in [1.165, 1.54) is 12.8 Å². The zero-order valence-corrected chi connectivity index (χ0v) is 15.2. The van der Waals surface area contributed by atoms with Gasteiger partial charge in [-0.25, -0.2) is 4.98 Å². The number of para-hydroxylation sites is 1. The van der Waals surface area contributed by atoms with Crippen LogP contribution in [0.1, 0.15) is 47.3 Å². The van der Waals surface area contributed by atoms with E-state index >= 15 is 0 Å². The first kappa shape index (κ1) is 16.2. The van der Waals surface area contributed by atoms with Gasteiger partial charge in [-0.15, -0.1) is 0 Å². The van der Waals surface area contributed by atoms with Crippen LogP contribution in [-0.2, 0) is 6.42 Å². The zero-order valence-electron chi connectivity index (χ0n) is 15.2. The SMILES string of the molecule is CCOc1cc2nc(C3CC3)cn2cc1NC(=O)c1cccc2c1OCC2. The fourth-order valence-electron chi connectivity index (χ4n) is 3.56. The Bertz CT molecular complexity index is 1040. The zero-order chi connectivity index (χ0) is 18.4. The van der Waals surface area contributed by atoms with E-state index in [2.05, 4.69) is 5.32 Å². The van der Waals surface area contributed by atoms with Crippen LogP contribution in [0, 0.1) is 0 Å². The standard InChI is InChI=1S/C21H21N3O3/c1-2-26-18-10-19-22-16(13-6-7-13)11-24(19)12-17(18)23-21(25)15-5-3-4-14-8-9-27-20(14)15/h3-5,10-13H,2,6-9H2,1H3,(H,23,25). The number of benzene rings is 1. The lowest BCUT2D eigenvalue weighted by atomic mass is 10.1. The van der Waals surface area contributed by atoms with Gasteiger partial charge in [-0.1, -0.05) is 12.1 Å². The maximum Gasteiger partial charge on any atom is 0.259 e. The van der Waals surface area contributed by atoms with Gasteiger partial charge in [0.2, 0.25) is 0 Å². The molecule has 3 aromatic rings. The van der Waals surface area contributed by atoms with Crippen molar-refractivity contribution in [2.24, 2.45) is 0 Å². The van der Waals surface area contributed by atoms with Crippen LogP contribution in [0.25, 0.3) is 5.65 Å². The van der Waals surface area contributed by atoms with Crippen molar-refractivity contribution in [1.82, 2.24) is 9.38 Å². The van der Waals surface area contributed by atoms with E-state index in [0.29, 0.717) is 41.9 Å². The lowest BCUT2D eigenvalue weighted by Crippen LogP contribution is -2.14. The number of nitrogens with one attached hydrogen (secondary N) is 1. The van der Waals surface area contributed by atoms with Crippen molar-refractivity contribution in [2.75, 3.05) is 18.5 Å². The number of pyridine rings is 1. The maximum atomic E-state index is 12.9. The van der Waals surface area contributed by atoms with Crippen molar-refractivity contribution < 1.29 is 14.3 Å². The highest BCUT2D eigenvalue weighted by molar-refractivity contribution is 6.07. The van der Waals surface area contributed by atoms with Crippen LogP contribution in [-0.4, -0.2) is 28.5 Å². The van der Waals surface area contributed by atoms with Gasteiger partial charge < -0.3 is 19.2 Å². The number of amides is 1. The first-order valence-electron chi connectivity index (χ1n) is 9.44. The van der Waals surface area contributed by atoms with E-state index in [1.54, 1.807) is 6.07 Å². The summed E-state index contributed by atoms with van der Waals surface area (Å²) >= 11 is 0. The van der Waals surface area contributed by atoms with E-state index in [4.69, 9.17) is 14.5 Å². The van der Waals surface area contributed by atoms with Crippen LogP contribution in [0.4, 0.5) is 5.69 Å². The van der Waals surface area contributed by atoms with Gasteiger partial charge in [0.15, 0.2) is 0 Å². The molecule has 0 unspecified atom stereocenters. The van der Waals surface area contributed by atoms with Crippen molar-refractivity contribution in [3.8, 4) is 11.5 Å². The van der Waals surface area contributed by atoms with Crippen LogP contribution in [0.3, 0.4) is 0 Å². The normalized spacial score (nSPS) is 15.4. The summed E-state index contributed by atoms with van der Waals surface area (Å²) in [6, 6.07) is 7.58. The van der Waals surface area contributed by atoms with Crippen LogP contribution in [0.5, 0.6) is 11.5 Å². The number of aromatic nitrogens is 2. The molecule has 3 heterocycles. The van der Waals surface area contributed by atoms with Gasteiger partial charge in [-0.2, -0.15) is 0 Å². The first-order chi connectivity index (χ1) is 13.2. The minimum Gasteiger partial charge on any atom is -0.492 e. The molecule has 6 nitrogen and oxygen atoms in total. The Hall–Kier alpha value is -3.02. The van der Waals surface area contributed by atoms with Crippen molar-refractivity contribution in [3.63, 3.8) is 0 Å². The molecular weight excluding hydrogens is 342 g/mol.